The Balaban J connectivity index is 2.17. The van der Waals surface area contributed by atoms with Gasteiger partial charge in [0.1, 0.15) is 18.2 Å². The van der Waals surface area contributed by atoms with Gasteiger partial charge in [-0.2, -0.15) is 0 Å². The molecule has 10 heteroatoms. The van der Waals surface area contributed by atoms with Crippen molar-refractivity contribution in [3.63, 3.8) is 0 Å². The summed E-state index contributed by atoms with van der Waals surface area (Å²) >= 11 is 1.31. The lowest BCUT2D eigenvalue weighted by Crippen LogP contribution is -2.35. The number of aliphatic hydroxyl groups excluding tert-OH is 1. The average Bonchev–Trinajstić information content (AvgIpc) is 2.87. The molecule has 0 saturated heterocycles. The fourth-order valence-electron chi connectivity index (χ4n) is 4.16. The van der Waals surface area contributed by atoms with Gasteiger partial charge in [0.15, 0.2) is 15.9 Å². The number of thioether (sulfide) groups is 1. The van der Waals surface area contributed by atoms with Crippen molar-refractivity contribution >= 4 is 38.9 Å². The number of carboxylic acids is 1. The number of ether oxygens (including phenoxy) is 1. The zero-order valence-electron chi connectivity index (χ0n) is 19.5. The highest BCUT2D eigenvalue weighted by molar-refractivity contribution is 7.98. The van der Waals surface area contributed by atoms with Crippen LogP contribution in [0.25, 0.3) is 0 Å². The number of aliphatic carboxylic acids is 1. The van der Waals surface area contributed by atoms with Gasteiger partial charge in [-0.05, 0) is 48.4 Å². The summed E-state index contributed by atoms with van der Waals surface area (Å²) in [5.41, 5.74) is 0.578. The lowest BCUT2D eigenvalue weighted by atomic mass is 9.86. The van der Waals surface area contributed by atoms with E-state index >= 15 is 0 Å². The van der Waals surface area contributed by atoms with Gasteiger partial charge in [-0.1, -0.05) is 26.7 Å². The molecule has 2 aromatic rings. The molecule has 1 aliphatic heterocycles. The Bertz CT molecular complexity index is 1140. The lowest BCUT2D eigenvalue weighted by Gasteiger charge is -2.34. The monoisotopic (exact) mass is 511 g/mol. The molecule has 2 aromatic carbocycles. The van der Waals surface area contributed by atoms with Gasteiger partial charge in [0.25, 0.3) is 0 Å². The maximum Gasteiger partial charge on any atom is 0.336 e. The molecule has 0 radical (unpaired) electrons. The van der Waals surface area contributed by atoms with E-state index in [0.717, 1.165) is 12.8 Å². The van der Waals surface area contributed by atoms with Gasteiger partial charge in [0.05, 0.1) is 21.2 Å². The Hall–Kier alpha value is -2.30. The summed E-state index contributed by atoms with van der Waals surface area (Å²) in [6.45, 7) is 3.92. The highest BCUT2D eigenvalue weighted by atomic mass is 32.2. The quantitative estimate of drug-likeness (QED) is 0.475. The first kappa shape index (κ1) is 26.3. The minimum atomic E-state index is -3.75. The van der Waals surface area contributed by atoms with E-state index in [0.29, 0.717) is 29.2 Å². The number of nitrogens with zero attached hydrogens (tertiary/aromatic N) is 1. The van der Waals surface area contributed by atoms with Crippen LogP contribution in [-0.2, 0) is 14.6 Å². The highest BCUT2D eigenvalue weighted by Crippen LogP contribution is 2.46. The number of halogens is 1. The molecule has 0 bridgehead atoms. The lowest BCUT2D eigenvalue weighted by molar-refractivity contribution is -0.148. The van der Waals surface area contributed by atoms with Crippen LogP contribution in [-0.4, -0.2) is 55.9 Å². The maximum atomic E-state index is 13.7. The van der Waals surface area contributed by atoms with Crippen molar-refractivity contribution in [3.8, 4) is 5.75 Å². The molecule has 3 rings (SSSR count). The van der Waals surface area contributed by atoms with Crippen molar-refractivity contribution < 1.29 is 32.6 Å². The van der Waals surface area contributed by atoms with Gasteiger partial charge < -0.3 is 19.8 Å². The van der Waals surface area contributed by atoms with Crippen LogP contribution >= 0.6 is 11.8 Å². The Morgan fingerprint density at radius 2 is 1.97 bits per heavy atom. The number of carboxylic acid groups (broad SMARTS) is 1. The molecule has 7 nitrogen and oxygen atoms in total. The minimum Gasteiger partial charge on any atom is -0.489 e. The van der Waals surface area contributed by atoms with Crippen LogP contribution in [0.1, 0.15) is 33.1 Å². The molecule has 0 aliphatic carbocycles. The summed E-state index contributed by atoms with van der Waals surface area (Å²) in [7, 11) is -3.75. The predicted octanol–water partition coefficient (Wildman–Crippen LogP) is 4.49. The fourth-order valence-corrected chi connectivity index (χ4v) is 6.79. The molecule has 2 atom stereocenters. The van der Waals surface area contributed by atoms with E-state index in [1.165, 1.54) is 30.0 Å². The average molecular weight is 512 g/mol. The molecular formula is C24H30FNO6S2. The molecule has 2 unspecified atom stereocenters. The van der Waals surface area contributed by atoms with E-state index in [1.807, 2.05) is 11.8 Å². The van der Waals surface area contributed by atoms with Crippen LogP contribution in [0.3, 0.4) is 0 Å². The summed E-state index contributed by atoms with van der Waals surface area (Å²) in [5.74, 6) is -1.69. The summed E-state index contributed by atoms with van der Waals surface area (Å²) < 4.78 is 46.4. The first-order valence-electron chi connectivity index (χ1n) is 11.0. The van der Waals surface area contributed by atoms with Gasteiger partial charge in [0, 0.05) is 18.3 Å². The smallest absolute Gasteiger partial charge is 0.336 e. The third-order valence-electron chi connectivity index (χ3n) is 5.90. The second-order valence-corrected chi connectivity index (χ2v) is 11.7. The molecule has 0 amide bonds. The van der Waals surface area contributed by atoms with Crippen molar-refractivity contribution in [2.24, 2.45) is 5.41 Å². The molecule has 1 heterocycles. The van der Waals surface area contributed by atoms with E-state index in [-0.39, 0.29) is 22.2 Å². The van der Waals surface area contributed by atoms with Gasteiger partial charge in [-0.25, -0.2) is 17.6 Å². The Morgan fingerprint density at radius 3 is 2.56 bits per heavy atom. The normalized spacial score (nSPS) is 20.3. The van der Waals surface area contributed by atoms with E-state index in [1.54, 1.807) is 24.5 Å². The molecule has 34 heavy (non-hydrogen) atoms. The highest BCUT2D eigenvalue weighted by Gasteiger charge is 2.40. The zero-order valence-corrected chi connectivity index (χ0v) is 21.1. The summed E-state index contributed by atoms with van der Waals surface area (Å²) in [5, 5.41) is 18.6. The number of sulfone groups is 1. The second kappa shape index (κ2) is 10.5. The summed E-state index contributed by atoms with van der Waals surface area (Å²) in [4.78, 5) is 13.5. The predicted molar refractivity (Wildman–Crippen MR) is 130 cm³/mol. The molecule has 186 valence electrons. The summed E-state index contributed by atoms with van der Waals surface area (Å²) in [6.07, 6.45) is 2.56. The standard InChI is InChI=1S/C24H30FNO6S2/c1-4-5-10-24(2)14-26(17-8-6-16(25)7-9-17)18-11-21(33-3)20(32-13-19(27)23(28)29)12-22(18)34(30,31)15-24/h6-9,11-12,19,27H,4-5,10,13-15H2,1-3H3,(H,28,29). The van der Waals surface area contributed by atoms with Crippen LogP contribution in [0.5, 0.6) is 5.75 Å². The Morgan fingerprint density at radius 1 is 1.29 bits per heavy atom. The third kappa shape index (κ3) is 5.84. The first-order valence-corrected chi connectivity index (χ1v) is 13.9. The largest absolute Gasteiger partial charge is 0.489 e. The van der Waals surface area contributed by atoms with Crippen molar-refractivity contribution in [1.82, 2.24) is 0 Å². The zero-order chi connectivity index (χ0) is 25.1. The van der Waals surface area contributed by atoms with E-state index in [4.69, 9.17) is 9.84 Å². The Labute approximate surface area is 203 Å². The summed E-state index contributed by atoms with van der Waals surface area (Å²) in [6, 6.07) is 9.06. The Kier molecular flexibility index (Phi) is 8.15. The number of rotatable bonds is 9. The molecular weight excluding hydrogens is 481 g/mol. The maximum absolute atomic E-state index is 13.7. The molecule has 0 fully saturated rings. The number of hydrogen-bond acceptors (Lipinski definition) is 7. The number of anilines is 2. The minimum absolute atomic E-state index is 0.0645. The SMILES string of the molecule is CCCCC1(C)CN(c2ccc(F)cc2)c2cc(SC)c(OCC(O)C(=O)O)cc2S(=O)(=O)C1. The topological polar surface area (TPSA) is 104 Å². The number of benzene rings is 2. The van der Waals surface area contributed by atoms with Crippen molar-refractivity contribution in [1.29, 1.82) is 0 Å². The van der Waals surface area contributed by atoms with Crippen LogP contribution < -0.4 is 9.64 Å². The second-order valence-electron chi connectivity index (χ2n) is 8.87. The van der Waals surface area contributed by atoms with Crippen molar-refractivity contribution in [2.75, 3.05) is 30.1 Å². The van der Waals surface area contributed by atoms with Crippen LogP contribution in [0.15, 0.2) is 46.2 Å². The number of fused-ring (bicyclic) bond motifs is 1. The first-order chi connectivity index (χ1) is 16.0. The third-order valence-corrected chi connectivity index (χ3v) is 8.74. The van der Waals surface area contributed by atoms with Gasteiger partial charge in [-0.3, -0.25) is 0 Å². The van der Waals surface area contributed by atoms with E-state index in [2.05, 4.69) is 6.92 Å². The number of hydrogen-bond donors (Lipinski definition) is 2. The fraction of sp³-hybridized carbons (Fsp3) is 0.458. The molecule has 1 aliphatic rings. The van der Waals surface area contributed by atoms with Gasteiger partial charge in [-0.15, -0.1) is 11.8 Å². The molecule has 0 spiro atoms. The molecule has 0 saturated carbocycles. The van der Waals surface area contributed by atoms with Crippen LogP contribution in [0, 0.1) is 11.2 Å². The van der Waals surface area contributed by atoms with Crippen molar-refractivity contribution in [3.05, 3.63) is 42.2 Å². The molecule has 2 N–H and O–H groups in total. The van der Waals surface area contributed by atoms with Gasteiger partial charge >= 0.3 is 5.97 Å². The van der Waals surface area contributed by atoms with Crippen LogP contribution in [0.4, 0.5) is 15.8 Å². The molecule has 0 aromatic heterocycles. The van der Waals surface area contributed by atoms with Gasteiger partial charge in [0.2, 0.25) is 0 Å². The number of aliphatic hydroxyl groups is 1. The van der Waals surface area contributed by atoms with Crippen molar-refractivity contribution in [2.45, 2.75) is 49.0 Å². The number of unbranched alkanes of at least 4 members (excludes halogenated alkanes) is 1. The van der Waals surface area contributed by atoms with E-state index in [9.17, 15) is 22.7 Å². The number of carbonyl (C=O) groups is 1. The van der Waals surface area contributed by atoms with Crippen LogP contribution in [0.2, 0.25) is 0 Å². The van der Waals surface area contributed by atoms with E-state index < -0.39 is 33.9 Å².